The highest BCUT2D eigenvalue weighted by molar-refractivity contribution is 9.10. The van der Waals surface area contributed by atoms with Gasteiger partial charge in [0, 0.05) is 12.6 Å². The number of furan rings is 1. The van der Waals surface area contributed by atoms with Crippen molar-refractivity contribution in [2.75, 3.05) is 7.05 Å². The van der Waals surface area contributed by atoms with Gasteiger partial charge in [0.1, 0.15) is 0 Å². The maximum atomic E-state index is 11.4. The first-order valence-electron chi connectivity index (χ1n) is 4.08. The third-order valence-electron chi connectivity index (χ3n) is 1.61. The van der Waals surface area contributed by atoms with Crippen LogP contribution in [0, 0.1) is 6.92 Å². The minimum Gasteiger partial charge on any atom is -0.444 e. The van der Waals surface area contributed by atoms with Crippen LogP contribution in [0.3, 0.4) is 0 Å². The highest BCUT2D eigenvalue weighted by Crippen LogP contribution is 2.18. The molecule has 0 aromatic carbocycles. The van der Waals surface area contributed by atoms with Gasteiger partial charge in [-0.2, -0.15) is 0 Å². The lowest BCUT2D eigenvalue weighted by molar-refractivity contribution is 0.0906. The number of hydrogen-bond acceptors (Lipinski definition) is 3. The second-order valence-electron chi connectivity index (χ2n) is 2.72. The van der Waals surface area contributed by atoms with Crippen LogP contribution in [0.2, 0.25) is 0 Å². The Hall–Kier alpha value is -1.50. The summed E-state index contributed by atoms with van der Waals surface area (Å²) in [4.78, 5) is 22.2. The maximum absolute atomic E-state index is 11.4. The lowest BCUT2D eigenvalue weighted by atomic mass is 10.3. The smallest absolute Gasteiger partial charge is 0.333 e. The molecule has 0 saturated carbocycles. The second kappa shape index (κ2) is 4.83. The van der Waals surface area contributed by atoms with Gasteiger partial charge in [-0.1, -0.05) is 0 Å². The molecular weight excluding hydrogens is 266 g/mol. The molecule has 15 heavy (non-hydrogen) atoms. The van der Waals surface area contributed by atoms with Crippen LogP contribution in [0.25, 0.3) is 0 Å². The summed E-state index contributed by atoms with van der Waals surface area (Å²) in [7, 11) is 1.44. The third-order valence-corrected chi connectivity index (χ3v) is 2.00. The molecule has 1 rings (SSSR count). The highest BCUT2D eigenvalue weighted by Gasteiger charge is 2.14. The number of halogens is 1. The normalized spacial score (nSPS) is 9.53. The standard InChI is InChI=1S/C8H10BrN3O3/c1-4-3-5(9)15-6(4)7(13)11-12-8(14)10-2/h3H,1-2H3,(H,11,13)(H2,10,12,14). The SMILES string of the molecule is CNC(=O)NNC(=O)c1oc(Br)cc1C. The molecule has 1 aromatic heterocycles. The first kappa shape index (κ1) is 11.6. The number of aryl methyl sites for hydroxylation is 1. The van der Waals surface area contributed by atoms with Crippen LogP contribution in [0.1, 0.15) is 16.1 Å². The number of hydrazine groups is 1. The Morgan fingerprint density at radius 2 is 2.07 bits per heavy atom. The van der Waals surface area contributed by atoms with Gasteiger partial charge in [-0.15, -0.1) is 0 Å². The van der Waals surface area contributed by atoms with E-state index < -0.39 is 11.9 Å². The predicted molar refractivity (Wildman–Crippen MR) is 56.2 cm³/mol. The van der Waals surface area contributed by atoms with Crippen molar-refractivity contribution in [3.05, 3.63) is 22.1 Å². The van der Waals surface area contributed by atoms with Crippen LogP contribution in [-0.4, -0.2) is 19.0 Å². The second-order valence-corrected chi connectivity index (χ2v) is 3.50. The van der Waals surface area contributed by atoms with Crippen LogP contribution in [-0.2, 0) is 0 Å². The quantitative estimate of drug-likeness (QED) is 0.667. The number of amides is 3. The number of rotatable bonds is 1. The number of urea groups is 1. The van der Waals surface area contributed by atoms with E-state index in [1.54, 1.807) is 13.0 Å². The van der Waals surface area contributed by atoms with E-state index in [2.05, 4.69) is 32.1 Å². The average molecular weight is 276 g/mol. The van der Waals surface area contributed by atoms with Crippen molar-refractivity contribution in [2.24, 2.45) is 0 Å². The summed E-state index contributed by atoms with van der Waals surface area (Å²) in [5, 5.41) is 2.29. The molecule has 0 aliphatic heterocycles. The molecule has 1 heterocycles. The Kier molecular flexibility index (Phi) is 3.73. The van der Waals surface area contributed by atoms with Gasteiger partial charge in [0.05, 0.1) is 0 Å². The number of hydrogen-bond donors (Lipinski definition) is 3. The van der Waals surface area contributed by atoms with Crippen molar-refractivity contribution in [1.29, 1.82) is 0 Å². The highest BCUT2D eigenvalue weighted by atomic mass is 79.9. The van der Waals surface area contributed by atoms with Gasteiger partial charge in [-0.05, 0) is 28.9 Å². The molecule has 0 radical (unpaired) electrons. The lowest BCUT2D eigenvalue weighted by Gasteiger charge is -2.04. The van der Waals surface area contributed by atoms with Crippen molar-refractivity contribution >= 4 is 27.9 Å². The molecule has 3 N–H and O–H groups in total. The number of carbonyl (C=O) groups excluding carboxylic acids is 2. The van der Waals surface area contributed by atoms with Gasteiger partial charge in [-0.3, -0.25) is 10.2 Å². The maximum Gasteiger partial charge on any atom is 0.333 e. The summed E-state index contributed by atoms with van der Waals surface area (Å²) in [5.74, 6) is -0.361. The Morgan fingerprint density at radius 3 is 2.53 bits per heavy atom. The molecule has 0 fully saturated rings. The molecule has 0 aliphatic rings. The van der Waals surface area contributed by atoms with E-state index in [0.29, 0.717) is 10.2 Å². The average Bonchev–Trinajstić information content (AvgIpc) is 2.53. The Morgan fingerprint density at radius 1 is 1.40 bits per heavy atom. The van der Waals surface area contributed by atoms with Crippen molar-refractivity contribution in [2.45, 2.75) is 6.92 Å². The summed E-state index contributed by atoms with van der Waals surface area (Å²) in [6.07, 6.45) is 0. The van der Waals surface area contributed by atoms with Gasteiger partial charge in [-0.25, -0.2) is 10.2 Å². The number of carbonyl (C=O) groups is 2. The van der Waals surface area contributed by atoms with Crippen molar-refractivity contribution in [1.82, 2.24) is 16.2 Å². The molecule has 0 aliphatic carbocycles. The van der Waals surface area contributed by atoms with Crippen LogP contribution < -0.4 is 16.2 Å². The van der Waals surface area contributed by atoms with Crippen molar-refractivity contribution in [3.63, 3.8) is 0 Å². The van der Waals surface area contributed by atoms with E-state index in [4.69, 9.17) is 4.42 Å². The van der Waals surface area contributed by atoms with Crippen LogP contribution >= 0.6 is 15.9 Å². The van der Waals surface area contributed by atoms with E-state index in [9.17, 15) is 9.59 Å². The van der Waals surface area contributed by atoms with Gasteiger partial charge in [0.2, 0.25) is 0 Å². The first-order chi connectivity index (χ1) is 7.04. The first-order valence-corrected chi connectivity index (χ1v) is 4.88. The van der Waals surface area contributed by atoms with Gasteiger partial charge < -0.3 is 9.73 Å². The Balaban J connectivity index is 2.61. The molecule has 0 saturated heterocycles. The van der Waals surface area contributed by atoms with Crippen molar-refractivity contribution < 1.29 is 14.0 Å². The fourth-order valence-corrected chi connectivity index (χ4v) is 1.41. The minimum atomic E-state index is -0.512. The van der Waals surface area contributed by atoms with E-state index in [1.165, 1.54) is 7.05 Å². The molecule has 1 aromatic rings. The van der Waals surface area contributed by atoms with Crippen LogP contribution in [0.15, 0.2) is 15.2 Å². The Bertz CT molecular complexity index is 388. The zero-order valence-electron chi connectivity index (χ0n) is 8.18. The molecule has 6 nitrogen and oxygen atoms in total. The topological polar surface area (TPSA) is 83.4 Å². The van der Waals surface area contributed by atoms with E-state index in [-0.39, 0.29) is 5.76 Å². The number of nitrogens with one attached hydrogen (secondary N) is 3. The van der Waals surface area contributed by atoms with Gasteiger partial charge in [0.25, 0.3) is 0 Å². The fraction of sp³-hybridized carbons (Fsp3) is 0.250. The molecule has 0 bridgehead atoms. The van der Waals surface area contributed by atoms with Crippen molar-refractivity contribution in [3.8, 4) is 0 Å². The fourth-order valence-electron chi connectivity index (χ4n) is 0.901. The molecule has 0 atom stereocenters. The summed E-state index contributed by atoms with van der Waals surface area (Å²) >= 11 is 3.10. The molecule has 82 valence electrons. The molecular formula is C8H10BrN3O3. The molecule has 0 spiro atoms. The lowest BCUT2D eigenvalue weighted by Crippen LogP contribution is -2.45. The zero-order valence-corrected chi connectivity index (χ0v) is 9.77. The monoisotopic (exact) mass is 275 g/mol. The Labute approximate surface area is 94.5 Å². The summed E-state index contributed by atoms with van der Waals surface area (Å²) in [6.45, 7) is 1.73. The summed E-state index contributed by atoms with van der Waals surface area (Å²) in [6, 6.07) is 1.15. The van der Waals surface area contributed by atoms with Crippen LogP contribution in [0.5, 0.6) is 0 Å². The summed E-state index contributed by atoms with van der Waals surface area (Å²) in [5.41, 5.74) is 5.01. The predicted octanol–water partition coefficient (Wildman–Crippen LogP) is 0.924. The molecule has 3 amide bonds. The van der Waals surface area contributed by atoms with Gasteiger partial charge in [0.15, 0.2) is 10.4 Å². The molecule has 0 unspecified atom stereocenters. The zero-order chi connectivity index (χ0) is 11.4. The summed E-state index contributed by atoms with van der Waals surface area (Å²) < 4.78 is 5.54. The molecule has 7 heteroatoms. The van der Waals surface area contributed by atoms with Gasteiger partial charge >= 0.3 is 11.9 Å². The minimum absolute atomic E-state index is 0.151. The van der Waals surface area contributed by atoms with Crippen LogP contribution in [0.4, 0.5) is 4.79 Å². The van der Waals surface area contributed by atoms with E-state index in [0.717, 1.165) is 0 Å². The largest absolute Gasteiger partial charge is 0.444 e. The van der Waals surface area contributed by atoms with E-state index in [1.807, 2.05) is 0 Å². The van der Waals surface area contributed by atoms with E-state index >= 15 is 0 Å². The third kappa shape index (κ3) is 2.98.